The highest BCUT2D eigenvalue weighted by molar-refractivity contribution is 8.00. The molecule has 5 heterocycles. The zero-order valence-electron chi connectivity index (χ0n) is 23.8. The average Bonchev–Trinajstić information content (AvgIpc) is 3.63. The van der Waals surface area contributed by atoms with Crippen molar-refractivity contribution in [1.82, 2.24) is 19.8 Å². The number of aliphatic carboxylic acids is 1. The van der Waals surface area contributed by atoms with E-state index in [9.17, 15) is 19.5 Å². The van der Waals surface area contributed by atoms with Crippen molar-refractivity contribution in [2.45, 2.75) is 24.5 Å². The van der Waals surface area contributed by atoms with Crippen LogP contribution in [0.5, 0.6) is 0 Å². The van der Waals surface area contributed by atoms with E-state index in [4.69, 9.17) is 21.7 Å². The molecule has 230 valence electrons. The van der Waals surface area contributed by atoms with Crippen molar-refractivity contribution in [2.24, 2.45) is 10.9 Å². The van der Waals surface area contributed by atoms with Crippen molar-refractivity contribution in [2.75, 3.05) is 18.6 Å². The Morgan fingerprint density at radius 2 is 2.04 bits per heavy atom. The molecule has 16 heteroatoms. The molecule has 0 spiro atoms. The third-order valence-corrected chi connectivity index (χ3v) is 9.48. The van der Waals surface area contributed by atoms with Crippen LogP contribution in [0.4, 0.5) is 5.13 Å². The van der Waals surface area contributed by atoms with Gasteiger partial charge in [0, 0.05) is 46.5 Å². The minimum atomic E-state index is -1.22. The smallest absolute Gasteiger partial charge is 0.352 e. The minimum Gasteiger partial charge on any atom is -0.477 e. The summed E-state index contributed by atoms with van der Waals surface area (Å²) in [5, 5.41) is 26.4. The minimum absolute atomic E-state index is 0.0137. The molecule has 2 atom stereocenters. The number of thiazole rings is 1. The third kappa shape index (κ3) is 5.72. The maximum Gasteiger partial charge on any atom is 0.352 e. The Bertz CT molecular complexity index is 1910. The van der Waals surface area contributed by atoms with Crippen LogP contribution in [-0.4, -0.2) is 73.2 Å². The lowest BCUT2D eigenvalue weighted by atomic mass is 10.0. The Morgan fingerprint density at radius 1 is 1.27 bits per heavy atom. The molecular weight excluding hydrogens is 619 g/mol. The van der Waals surface area contributed by atoms with E-state index in [-0.39, 0.29) is 34.6 Å². The second-order valence-electron chi connectivity index (χ2n) is 10.3. The van der Waals surface area contributed by atoms with Crippen LogP contribution in [0.25, 0.3) is 10.9 Å². The highest BCUT2D eigenvalue weighted by Gasteiger charge is 2.54. The molecule has 2 amide bonds. The number of aromatic nitrogens is 3. The molecule has 1 aromatic carbocycles. The predicted octanol–water partition coefficient (Wildman–Crippen LogP) is 1.09. The van der Waals surface area contributed by atoms with E-state index >= 15 is 0 Å². The molecule has 1 saturated heterocycles. The van der Waals surface area contributed by atoms with Crippen LogP contribution in [0.15, 0.2) is 76.8 Å². The van der Waals surface area contributed by atoms with Gasteiger partial charge in [0.25, 0.3) is 11.8 Å². The largest absolute Gasteiger partial charge is 0.477 e. The standard InChI is InChI=1S/C29H27N9O5S2/c1-43-35-21(19-14-45-29(32)33-19)25(39)34-22-26(40)38-23(28(41)42)18(13-44-27(22)38)11-36-8-6-16-7-9-37(20(16)12-36)10-15-2-4-17(5-3-15)24(30)31/h2-9,12,14,22,27H,10-11,13H2,1H3,(H6-,30,31,32,33,34,39,41,42)/p+1/b35-21-/t22-,27-/m1/s1. The number of carboxylic acid groups (broad SMARTS) is 1. The number of hydrogen-bond donors (Lipinski definition) is 5. The monoisotopic (exact) mass is 646 g/mol. The number of pyridine rings is 1. The molecule has 3 aromatic heterocycles. The number of nitrogens with two attached hydrogens (primary N) is 2. The number of fused-ring (bicyclic) bond motifs is 2. The summed E-state index contributed by atoms with van der Waals surface area (Å²) in [6.07, 6.45) is 5.81. The molecule has 0 aliphatic carbocycles. The van der Waals surface area contributed by atoms with Gasteiger partial charge in [-0.15, -0.1) is 23.1 Å². The number of amidine groups is 1. The van der Waals surface area contributed by atoms with Crippen LogP contribution in [0.1, 0.15) is 16.8 Å². The number of hydrogen-bond acceptors (Lipinski definition) is 10. The zero-order valence-corrected chi connectivity index (χ0v) is 25.5. The Hall–Kier alpha value is -5.22. The van der Waals surface area contributed by atoms with Crippen molar-refractivity contribution in [3.63, 3.8) is 0 Å². The lowest BCUT2D eigenvalue weighted by Crippen LogP contribution is -2.71. The van der Waals surface area contributed by atoms with Crippen LogP contribution >= 0.6 is 23.1 Å². The molecule has 14 nitrogen and oxygen atoms in total. The Kier molecular flexibility index (Phi) is 7.99. The number of nitrogen functional groups attached to an aromatic ring is 2. The first-order valence-corrected chi connectivity index (χ1v) is 15.5. The van der Waals surface area contributed by atoms with Crippen molar-refractivity contribution in [1.29, 1.82) is 5.41 Å². The van der Waals surface area contributed by atoms with Gasteiger partial charge in [-0.3, -0.25) is 19.9 Å². The van der Waals surface area contributed by atoms with Crippen LogP contribution in [0.3, 0.4) is 0 Å². The maximum atomic E-state index is 13.2. The molecule has 2 aliphatic rings. The number of amides is 2. The maximum absolute atomic E-state index is 13.2. The van der Waals surface area contributed by atoms with E-state index < -0.39 is 29.2 Å². The van der Waals surface area contributed by atoms with Crippen LogP contribution in [0, 0.1) is 5.41 Å². The fraction of sp³-hybridized carbons (Fsp3) is 0.207. The number of carbonyl (C=O) groups excluding carboxylic acids is 2. The number of carbonyl (C=O) groups is 3. The van der Waals surface area contributed by atoms with Gasteiger partial charge in [-0.05, 0) is 11.6 Å². The number of oxime groups is 1. The van der Waals surface area contributed by atoms with Gasteiger partial charge in [0.2, 0.25) is 0 Å². The first-order chi connectivity index (χ1) is 21.6. The molecule has 1 fully saturated rings. The van der Waals surface area contributed by atoms with Gasteiger partial charge in [-0.2, -0.15) is 4.57 Å². The fourth-order valence-corrected chi connectivity index (χ4v) is 7.20. The van der Waals surface area contributed by atoms with Crippen LogP contribution < -0.4 is 21.4 Å². The second-order valence-corrected chi connectivity index (χ2v) is 12.3. The molecular formula is C29H28N9O5S2+. The predicted molar refractivity (Wildman–Crippen MR) is 168 cm³/mol. The lowest BCUT2D eigenvalue weighted by molar-refractivity contribution is -0.687. The molecule has 6 rings (SSSR count). The molecule has 0 radical (unpaired) electrons. The second kappa shape index (κ2) is 12.0. The van der Waals surface area contributed by atoms with E-state index in [1.54, 1.807) is 5.38 Å². The summed E-state index contributed by atoms with van der Waals surface area (Å²) in [6, 6.07) is 10.5. The number of carboxylic acids is 1. The zero-order chi connectivity index (χ0) is 31.8. The van der Waals surface area contributed by atoms with Crippen molar-refractivity contribution >= 4 is 68.5 Å². The summed E-state index contributed by atoms with van der Waals surface area (Å²) in [7, 11) is 1.28. The van der Waals surface area contributed by atoms with Gasteiger partial charge in [0.1, 0.15) is 41.3 Å². The topological polar surface area (TPSA) is 206 Å². The summed E-state index contributed by atoms with van der Waals surface area (Å²) in [6.45, 7) is 0.848. The Morgan fingerprint density at radius 3 is 2.71 bits per heavy atom. The van der Waals surface area contributed by atoms with Gasteiger partial charge >= 0.3 is 5.97 Å². The molecule has 7 N–H and O–H groups in total. The number of thioether (sulfide) groups is 1. The van der Waals surface area contributed by atoms with E-state index in [0.717, 1.165) is 27.8 Å². The molecule has 0 bridgehead atoms. The van der Waals surface area contributed by atoms with Gasteiger partial charge < -0.3 is 31.3 Å². The molecule has 45 heavy (non-hydrogen) atoms. The van der Waals surface area contributed by atoms with Gasteiger partial charge in [-0.1, -0.05) is 29.4 Å². The van der Waals surface area contributed by atoms with Crippen molar-refractivity contribution in [3.05, 3.63) is 88.5 Å². The van der Waals surface area contributed by atoms with E-state index in [1.165, 1.54) is 23.8 Å². The Labute approximate surface area is 264 Å². The fourth-order valence-electron chi connectivity index (χ4n) is 5.32. The summed E-state index contributed by atoms with van der Waals surface area (Å²) in [5.41, 5.74) is 14.5. The van der Waals surface area contributed by atoms with Crippen molar-refractivity contribution in [3.8, 4) is 0 Å². The van der Waals surface area contributed by atoms with E-state index in [0.29, 0.717) is 23.4 Å². The molecule has 0 unspecified atom stereocenters. The van der Waals surface area contributed by atoms with Crippen molar-refractivity contribution < 1.29 is 28.9 Å². The third-order valence-electron chi connectivity index (χ3n) is 7.46. The van der Waals surface area contributed by atoms with E-state index in [2.05, 4.69) is 20.0 Å². The van der Waals surface area contributed by atoms with E-state index in [1.807, 2.05) is 59.6 Å². The van der Waals surface area contributed by atoms with Gasteiger partial charge in [0.15, 0.2) is 29.8 Å². The normalized spacial score (nSPS) is 18.0. The average molecular weight is 647 g/mol. The number of nitrogens with zero attached hydrogens (tertiary/aromatic N) is 5. The summed E-state index contributed by atoms with van der Waals surface area (Å²) in [5.74, 6) is -2.07. The highest BCUT2D eigenvalue weighted by atomic mass is 32.2. The lowest BCUT2D eigenvalue weighted by Gasteiger charge is -2.49. The Balaban J connectivity index is 1.20. The number of anilines is 1. The number of β-lactam (4-membered cyclic amide) rings is 1. The van der Waals surface area contributed by atoms with Crippen LogP contribution in [-0.2, 0) is 32.3 Å². The SMILES string of the molecule is CO/N=C(\C(=O)N[C@@H]1C(=O)N2C(C(=O)O)=C(C[n+]3ccc4ccn(Cc5ccc(C(=N)N)cc5)c4c3)CS[C@H]12)c1csc(N)n1. The summed E-state index contributed by atoms with van der Waals surface area (Å²) in [4.78, 5) is 48.8. The van der Waals surface area contributed by atoms with Gasteiger partial charge in [-0.25, -0.2) is 9.78 Å². The first-order valence-electron chi connectivity index (χ1n) is 13.6. The highest BCUT2D eigenvalue weighted by Crippen LogP contribution is 2.40. The number of nitrogens with one attached hydrogen (secondary N) is 2. The molecule has 2 aliphatic heterocycles. The summed E-state index contributed by atoms with van der Waals surface area (Å²) < 4.78 is 3.98. The molecule has 0 saturated carbocycles. The number of benzene rings is 1. The summed E-state index contributed by atoms with van der Waals surface area (Å²) >= 11 is 2.50. The quantitative estimate of drug-likeness (QED) is 0.0549. The number of rotatable bonds is 10. The van der Waals surface area contributed by atoms with Gasteiger partial charge in [0.05, 0.1) is 0 Å². The first kappa shape index (κ1) is 29.8. The molecule has 4 aromatic rings. The van der Waals surface area contributed by atoms with Crippen LogP contribution in [0.2, 0.25) is 0 Å².